The van der Waals surface area contributed by atoms with Gasteiger partial charge in [-0.3, -0.25) is 0 Å². The quantitative estimate of drug-likeness (QED) is 0.765. The number of benzene rings is 1. The summed E-state index contributed by atoms with van der Waals surface area (Å²) in [4.78, 5) is 0. The summed E-state index contributed by atoms with van der Waals surface area (Å²) in [5.41, 5.74) is 0.649. The topological polar surface area (TPSA) is 29.5 Å². The SMILES string of the molecule is CC1CCC2(CC(O)c3cc(Cl)ccc3O2)C(C)C1. The molecule has 1 fully saturated rings. The third-order valence-electron chi connectivity index (χ3n) is 4.90. The molecule has 1 aromatic rings. The number of rotatable bonds is 0. The lowest BCUT2D eigenvalue weighted by Gasteiger charge is -2.48. The molecule has 4 atom stereocenters. The minimum Gasteiger partial charge on any atom is -0.487 e. The molecular weight excluding hydrogens is 260 g/mol. The molecule has 1 N–H and O–H groups in total. The van der Waals surface area contributed by atoms with Crippen molar-refractivity contribution in [1.29, 1.82) is 0 Å². The van der Waals surface area contributed by atoms with Gasteiger partial charge in [-0.1, -0.05) is 25.4 Å². The maximum Gasteiger partial charge on any atom is 0.126 e. The van der Waals surface area contributed by atoms with Gasteiger partial charge in [0, 0.05) is 17.0 Å². The summed E-state index contributed by atoms with van der Waals surface area (Å²) in [6.07, 6.45) is 3.62. The molecule has 19 heavy (non-hydrogen) atoms. The fourth-order valence-electron chi connectivity index (χ4n) is 3.70. The predicted molar refractivity (Wildman–Crippen MR) is 76.6 cm³/mol. The molecule has 3 heteroatoms. The highest BCUT2D eigenvalue weighted by Crippen LogP contribution is 2.49. The molecule has 1 aliphatic carbocycles. The molecule has 1 spiro atoms. The Labute approximate surface area is 119 Å². The fourth-order valence-corrected chi connectivity index (χ4v) is 3.88. The Morgan fingerprint density at radius 2 is 2.16 bits per heavy atom. The Kier molecular flexibility index (Phi) is 3.26. The number of ether oxygens (including phenoxy) is 1. The summed E-state index contributed by atoms with van der Waals surface area (Å²) in [5.74, 6) is 2.05. The van der Waals surface area contributed by atoms with Gasteiger partial charge in [0.15, 0.2) is 0 Å². The van der Waals surface area contributed by atoms with Gasteiger partial charge in [0.1, 0.15) is 11.4 Å². The summed E-state index contributed by atoms with van der Waals surface area (Å²) in [6, 6.07) is 5.55. The zero-order valence-electron chi connectivity index (χ0n) is 11.5. The van der Waals surface area contributed by atoms with Gasteiger partial charge in [0.2, 0.25) is 0 Å². The minimum atomic E-state index is -0.460. The standard InChI is InChI=1S/C16H21ClO2/c1-10-5-6-16(11(2)7-10)9-14(18)13-8-12(17)3-4-15(13)19-16/h3-4,8,10-11,14,18H,5-7,9H2,1-2H3. The molecule has 0 aromatic heterocycles. The lowest BCUT2D eigenvalue weighted by molar-refractivity contribution is -0.0802. The second-order valence-electron chi connectivity index (χ2n) is 6.35. The second kappa shape index (κ2) is 4.68. The van der Waals surface area contributed by atoms with Crippen LogP contribution in [0.1, 0.15) is 51.2 Å². The molecular formula is C16H21ClO2. The summed E-state index contributed by atoms with van der Waals surface area (Å²) in [5, 5.41) is 11.1. The van der Waals surface area contributed by atoms with Crippen molar-refractivity contribution in [3.05, 3.63) is 28.8 Å². The number of hydrogen-bond donors (Lipinski definition) is 1. The molecule has 1 aromatic carbocycles. The third kappa shape index (κ3) is 2.25. The Balaban J connectivity index is 1.94. The van der Waals surface area contributed by atoms with Crippen molar-refractivity contribution in [3.8, 4) is 5.75 Å². The summed E-state index contributed by atoms with van der Waals surface area (Å²) in [6.45, 7) is 4.56. The van der Waals surface area contributed by atoms with E-state index in [1.165, 1.54) is 12.8 Å². The minimum absolute atomic E-state index is 0.188. The lowest BCUT2D eigenvalue weighted by Crippen LogP contribution is -2.49. The van der Waals surface area contributed by atoms with Crippen LogP contribution in [0, 0.1) is 11.8 Å². The van der Waals surface area contributed by atoms with Gasteiger partial charge >= 0.3 is 0 Å². The van der Waals surface area contributed by atoms with Gasteiger partial charge in [-0.25, -0.2) is 0 Å². The summed E-state index contributed by atoms with van der Waals surface area (Å²) in [7, 11) is 0. The highest BCUT2D eigenvalue weighted by Gasteiger charge is 2.47. The van der Waals surface area contributed by atoms with Gasteiger partial charge in [0.25, 0.3) is 0 Å². The highest BCUT2D eigenvalue weighted by molar-refractivity contribution is 6.30. The molecule has 0 radical (unpaired) electrons. The van der Waals surface area contributed by atoms with Crippen LogP contribution in [0.3, 0.4) is 0 Å². The average Bonchev–Trinajstić information content (AvgIpc) is 2.36. The van der Waals surface area contributed by atoms with Gasteiger partial charge < -0.3 is 9.84 Å². The average molecular weight is 281 g/mol. The van der Waals surface area contributed by atoms with Crippen LogP contribution in [-0.4, -0.2) is 10.7 Å². The first-order chi connectivity index (χ1) is 9.00. The Bertz CT molecular complexity index is 488. The lowest BCUT2D eigenvalue weighted by atomic mass is 9.68. The van der Waals surface area contributed by atoms with Crippen LogP contribution in [0.2, 0.25) is 5.02 Å². The zero-order chi connectivity index (χ0) is 13.6. The van der Waals surface area contributed by atoms with E-state index in [1.54, 1.807) is 0 Å². The van der Waals surface area contributed by atoms with E-state index in [0.717, 1.165) is 23.7 Å². The van der Waals surface area contributed by atoms with Crippen LogP contribution >= 0.6 is 11.6 Å². The van der Waals surface area contributed by atoms with Crippen LogP contribution in [0.25, 0.3) is 0 Å². The molecule has 3 rings (SSSR count). The van der Waals surface area contributed by atoms with Crippen molar-refractivity contribution in [1.82, 2.24) is 0 Å². The summed E-state index contributed by atoms with van der Waals surface area (Å²) >= 11 is 6.00. The number of aliphatic hydroxyl groups is 1. The number of fused-ring (bicyclic) bond motifs is 1. The van der Waals surface area contributed by atoms with Crippen molar-refractivity contribution < 1.29 is 9.84 Å². The highest BCUT2D eigenvalue weighted by atomic mass is 35.5. The summed E-state index contributed by atoms with van der Waals surface area (Å²) < 4.78 is 6.33. The van der Waals surface area contributed by atoms with Crippen molar-refractivity contribution in [2.45, 2.75) is 51.2 Å². The van der Waals surface area contributed by atoms with Crippen LogP contribution in [0.4, 0.5) is 0 Å². The molecule has 0 bridgehead atoms. The number of hydrogen-bond acceptors (Lipinski definition) is 2. The van der Waals surface area contributed by atoms with E-state index in [-0.39, 0.29) is 5.60 Å². The first-order valence-corrected chi connectivity index (χ1v) is 7.54. The van der Waals surface area contributed by atoms with Crippen molar-refractivity contribution in [2.24, 2.45) is 11.8 Å². The van der Waals surface area contributed by atoms with Crippen molar-refractivity contribution in [2.75, 3.05) is 0 Å². The van der Waals surface area contributed by atoms with Crippen LogP contribution in [0.15, 0.2) is 18.2 Å². The molecule has 1 aliphatic heterocycles. The van der Waals surface area contributed by atoms with Crippen molar-refractivity contribution in [3.63, 3.8) is 0 Å². The zero-order valence-corrected chi connectivity index (χ0v) is 12.3. The fraction of sp³-hybridized carbons (Fsp3) is 0.625. The van der Waals surface area contributed by atoms with E-state index in [9.17, 15) is 5.11 Å². The first-order valence-electron chi connectivity index (χ1n) is 7.17. The van der Waals surface area contributed by atoms with E-state index >= 15 is 0 Å². The Morgan fingerprint density at radius 3 is 2.89 bits per heavy atom. The number of halogens is 1. The Morgan fingerprint density at radius 1 is 1.37 bits per heavy atom. The molecule has 2 aliphatic rings. The van der Waals surface area contributed by atoms with Crippen molar-refractivity contribution >= 4 is 11.6 Å². The van der Waals surface area contributed by atoms with Gasteiger partial charge in [-0.15, -0.1) is 0 Å². The largest absolute Gasteiger partial charge is 0.487 e. The third-order valence-corrected chi connectivity index (χ3v) is 5.13. The van der Waals surface area contributed by atoms with Gasteiger partial charge in [-0.05, 0) is 49.3 Å². The molecule has 1 saturated carbocycles. The monoisotopic (exact) mass is 280 g/mol. The van der Waals surface area contributed by atoms with Crippen LogP contribution in [0.5, 0.6) is 5.75 Å². The van der Waals surface area contributed by atoms with E-state index in [0.29, 0.717) is 17.4 Å². The van der Waals surface area contributed by atoms with E-state index in [4.69, 9.17) is 16.3 Å². The molecule has 2 nitrogen and oxygen atoms in total. The Hall–Kier alpha value is -0.730. The smallest absolute Gasteiger partial charge is 0.126 e. The maximum atomic E-state index is 10.4. The second-order valence-corrected chi connectivity index (χ2v) is 6.79. The van der Waals surface area contributed by atoms with E-state index in [2.05, 4.69) is 13.8 Å². The predicted octanol–water partition coefficient (Wildman–Crippen LogP) is 4.35. The van der Waals surface area contributed by atoms with Crippen LogP contribution in [-0.2, 0) is 0 Å². The first kappa shape index (κ1) is 13.3. The van der Waals surface area contributed by atoms with E-state index < -0.39 is 6.10 Å². The molecule has 1 heterocycles. The maximum absolute atomic E-state index is 10.4. The number of aliphatic hydroxyl groups excluding tert-OH is 1. The van der Waals surface area contributed by atoms with Gasteiger partial charge in [-0.2, -0.15) is 0 Å². The molecule has 0 amide bonds. The normalized spacial score (nSPS) is 37.8. The molecule has 0 saturated heterocycles. The van der Waals surface area contributed by atoms with Gasteiger partial charge in [0.05, 0.1) is 6.10 Å². The van der Waals surface area contributed by atoms with E-state index in [1.807, 2.05) is 18.2 Å². The van der Waals surface area contributed by atoms with Crippen LogP contribution < -0.4 is 4.74 Å². The molecule has 104 valence electrons. The molecule has 4 unspecified atom stereocenters.